The number of fused-ring (bicyclic) bond motifs is 1. The lowest BCUT2D eigenvalue weighted by Gasteiger charge is -2.25. The maximum Gasteiger partial charge on any atom is 0.419 e. The summed E-state index contributed by atoms with van der Waals surface area (Å²) >= 11 is 0. The molecule has 2 aromatic carbocycles. The van der Waals surface area contributed by atoms with Gasteiger partial charge in [-0.25, -0.2) is 4.79 Å². The maximum atomic E-state index is 12.8. The molecule has 0 aliphatic carbocycles. The van der Waals surface area contributed by atoms with E-state index in [4.69, 9.17) is 13.9 Å². The quantitative estimate of drug-likeness (QED) is 0.437. The molecule has 2 N–H and O–H groups in total. The van der Waals surface area contributed by atoms with Crippen molar-refractivity contribution < 1.29 is 18.7 Å². The van der Waals surface area contributed by atoms with Gasteiger partial charge in [0.2, 0.25) is 0 Å². The summed E-state index contributed by atoms with van der Waals surface area (Å²) in [4.78, 5) is 27.1. The lowest BCUT2D eigenvalue weighted by Crippen LogP contribution is -2.49. The Hall–Kier alpha value is -3.49. The number of benzene rings is 2. The number of rotatable bonds is 9. The monoisotopic (exact) mass is 521 g/mol. The van der Waals surface area contributed by atoms with E-state index >= 15 is 0 Å². The van der Waals surface area contributed by atoms with Crippen LogP contribution in [-0.4, -0.2) is 81.1 Å². The van der Waals surface area contributed by atoms with Gasteiger partial charge in [0.25, 0.3) is 5.91 Å². The third-order valence-electron chi connectivity index (χ3n) is 6.72. The number of hydrogen-bond donors (Lipinski definition) is 2. The first-order valence-electron chi connectivity index (χ1n) is 12.8. The Balaban J connectivity index is 1.41. The summed E-state index contributed by atoms with van der Waals surface area (Å²) in [5.74, 6) is -0.677. The Labute approximate surface area is 222 Å². The molecule has 0 bridgehead atoms. The van der Waals surface area contributed by atoms with Gasteiger partial charge in [-0.05, 0) is 55.9 Å². The number of likely N-dealkylation sites (N-methyl/N-ethyl adjacent to an activating group) is 1. The molecule has 1 saturated heterocycles. The number of oxazole rings is 1. The van der Waals surface area contributed by atoms with Crippen molar-refractivity contribution in [2.24, 2.45) is 0 Å². The van der Waals surface area contributed by atoms with Gasteiger partial charge in [0.15, 0.2) is 5.58 Å². The molecule has 1 aliphatic heterocycles. The van der Waals surface area contributed by atoms with Crippen molar-refractivity contribution in [2.45, 2.75) is 37.6 Å². The van der Waals surface area contributed by atoms with Crippen LogP contribution in [0.25, 0.3) is 22.2 Å². The van der Waals surface area contributed by atoms with Crippen LogP contribution in [0.5, 0.6) is 0 Å². The van der Waals surface area contributed by atoms with E-state index in [1.165, 1.54) is 0 Å². The van der Waals surface area contributed by atoms with Gasteiger partial charge in [0.05, 0.1) is 24.3 Å². The molecule has 0 saturated carbocycles. The molecule has 4 rings (SSSR count). The van der Waals surface area contributed by atoms with Crippen LogP contribution < -0.4 is 16.4 Å². The van der Waals surface area contributed by atoms with E-state index in [1.807, 2.05) is 61.5 Å². The first-order chi connectivity index (χ1) is 18.4. The number of nitrogens with zero attached hydrogens (tertiary/aromatic N) is 3. The van der Waals surface area contributed by atoms with E-state index in [0.717, 1.165) is 41.7 Å². The first-order valence-corrected chi connectivity index (χ1v) is 12.8. The van der Waals surface area contributed by atoms with Crippen molar-refractivity contribution in [2.75, 3.05) is 47.4 Å². The molecular formula is C28H35N5O5. The predicted molar refractivity (Wildman–Crippen MR) is 144 cm³/mol. The summed E-state index contributed by atoms with van der Waals surface area (Å²) in [6, 6.07) is 15.0. The summed E-state index contributed by atoms with van der Waals surface area (Å²) in [5.41, 5.74) is 4.17. The van der Waals surface area contributed by atoms with E-state index in [1.54, 1.807) is 11.7 Å². The summed E-state index contributed by atoms with van der Waals surface area (Å²) in [6.45, 7) is 2.73. The van der Waals surface area contributed by atoms with Gasteiger partial charge >= 0.3 is 5.76 Å². The Bertz CT molecular complexity index is 1320. The highest BCUT2D eigenvalue weighted by molar-refractivity contribution is 5.82. The molecule has 3 atom stereocenters. The van der Waals surface area contributed by atoms with E-state index in [0.29, 0.717) is 31.7 Å². The molecule has 10 nitrogen and oxygen atoms in total. The van der Waals surface area contributed by atoms with E-state index in [2.05, 4.69) is 16.7 Å². The number of hydrogen-bond acceptors (Lipinski definition) is 8. The number of aromatic nitrogens is 1. The van der Waals surface area contributed by atoms with Crippen molar-refractivity contribution in [3.05, 3.63) is 58.6 Å². The molecule has 10 heteroatoms. The van der Waals surface area contributed by atoms with Gasteiger partial charge in [0, 0.05) is 33.2 Å². The summed E-state index contributed by atoms with van der Waals surface area (Å²) in [6.07, 6.45) is 0.435. The molecule has 0 unspecified atom stereocenters. The van der Waals surface area contributed by atoms with E-state index in [9.17, 15) is 14.9 Å². The van der Waals surface area contributed by atoms with Gasteiger partial charge < -0.3 is 29.4 Å². The molecule has 1 fully saturated rings. The lowest BCUT2D eigenvalue weighted by atomic mass is 10.0. The van der Waals surface area contributed by atoms with Gasteiger partial charge in [-0.1, -0.05) is 30.3 Å². The Morgan fingerprint density at radius 3 is 2.74 bits per heavy atom. The second kappa shape index (κ2) is 12.8. The van der Waals surface area contributed by atoms with Crippen LogP contribution in [0, 0.1) is 11.3 Å². The van der Waals surface area contributed by atoms with Crippen LogP contribution in [0.1, 0.15) is 12.0 Å². The number of methoxy groups -OCH3 is 1. The summed E-state index contributed by atoms with van der Waals surface area (Å²) in [7, 11) is 5.55. The smallest absolute Gasteiger partial charge is 0.408 e. The molecule has 202 valence electrons. The highest BCUT2D eigenvalue weighted by atomic mass is 16.5. The molecule has 1 amide bonds. The molecule has 38 heavy (non-hydrogen) atoms. The van der Waals surface area contributed by atoms with Crippen molar-refractivity contribution >= 4 is 17.0 Å². The van der Waals surface area contributed by atoms with E-state index < -0.39 is 12.1 Å². The summed E-state index contributed by atoms with van der Waals surface area (Å²) in [5, 5.41) is 15.7. The zero-order chi connectivity index (χ0) is 27.1. The van der Waals surface area contributed by atoms with Gasteiger partial charge in [-0.2, -0.15) is 5.26 Å². The molecule has 1 aliphatic rings. The van der Waals surface area contributed by atoms with Crippen LogP contribution in [0.4, 0.5) is 0 Å². The van der Waals surface area contributed by atoms with Crippen LogP contribution >= 0.6 is 0 Å². The summed E-state index contributed by atoms with van der Waals surface area (Å²) < 4.78 is 18.1. The second-order valence-corrected chi connectivity index (χ2v) is 9.77. The van der Waals surface area contributed by atoms with E-state index in [-0.39, 0.29) is 17.8 Å². The fraction of sp³-hybridized carbons (Fsp3) is 0.464. The molecule has 0 radical (unpaired) electrons. The largest absolute Gasteiger partial charge is 0.419 e. The molecule has 3 aromatic rings. The molecule has 1 aromatic heterocycles. The average Bonchev–Trinajstić information content (AvgIpc) is 3.21. The minimum Gasteiger partial charge on any atom is -0.408 e. The highest BCUT2D eigenvalue weighted by Crippen LogP contribution is 2.25. The normalized spacial score (nSPS) is 19.0. The van der Waals surface area contributed by atoms with Gasteiger partial charge in [0.1, 0.15) is 12.1 Å². The minimum atomic E-state index is -0.686. The Morgan fingerprint density at radius 1 is 1.26 bits per heavy atom. The van der Waals surface area contributed by atoms with Crippen molar-refractivity contribution in [1.82, 2.24) is 20.1 Å². The Morgan fingerprint density at radius 2 is 2.03 bits per heavy atom. The third-order valence-corrected chi connectivity index (χ3v) is 6.72. The number of nitrogens with one attached hydrogen (secondary N) is 2. The first kappa shape index (κ1) is 27.5. The SMILES string of the molecule is CO[C@@H]1CCNC[C@@H](C(=O)N[C@H](C#N)Cc2ccc(-c3ccc4oc(=O)n(CCN(C)C)c4c3)cc2)OC1. The van der Waals surface area contributed by atoms with Crippen molar-refractivity contribution in [1.29, 1.82) is 5.26 Å². The molecule has 2 heterocycles. The van der Waals surface area contributed by atoms with Gasteiger partial charge in [-0.15, -0.1) is 0 Å². The number of carbonyl (C=O) groups excluding carboxylic acids is 1. The topological polar surface area (TPSA) is 122 Å². The van der Waals surface area contributed by atoms with Crippen molar-refractivity contribution in [3.8, 4) is 17.2 Å². The fourth-order valence-electron chi connectivity index (χ4n) is 4.43. The second-order valence-electron chi connectivity index (χ2n) is 9.77. The van der Waals surface area contributed by atoms with Crippen LogP contribution in [-0.2, 0) is 27.2 Å². The highest BCUT2D eigenvalue weighted by Gasteiger charge is 2.25. The standard InChI is InChI=1S/C28H35N5O5/c1-32(2)12-13-33-24-15-21(8-9-25(24)38-28(33)35)20-6-4-19(5-7-20)14-22(16-29)31-27(34)26-17-30-11-10-23(36-3)18-37-26/h4-9,15,22-23,26,30H,10-14,17-18H2,1-3H3,(H,31,34)/t22-,23+,26-/m0/s1. The zero-order valence-corrected chi connectivity index (χ0v) is 22.1. The fourth-order valence-corrected chi connectivity index (χ4v) is 4.43. The number of nitriles is 1. The zero-order valence-electron chi connectivity index (χ0n) is 22.1. The van der Waals surface area contributed by atoms with Crippen molar-refractivity contribution in [3.63, 3.8) is 0 Å². The number of amides is 1. The average molecular weight is 522 g/mol. The minimum absolute atomic E-state index is 0.0665. The lowest BCUT2D eigenvalue weighted by molar-refractivity contribution is -0.136. The number of ether oxygens (including phenoxy) is 2. The third kappa shape index (κ3) is 6.88. The predicted octanol–water partition coefficient (Wildman–Crippen LogP) is 1.77. The molecule has 0 spiro atoms. The maximum absolute atomic E-state index is 12.8. The Kier molecular flexibility index (Phi) is 9.31. The van der Waals surface area contributed by atoms with Crippen LogP contribution in [0.3, 0.4) is 0 Å². The van der Waals surface area contributed by atoms with Crippen LogP contribution in [0.2, 0.25) is 0 Å². The van der Waals surface area contributed by atoms with Gasteiger partial charge in [-0.3, -0.25) is 9.36 Å². The number of carbonyl (C=O) groups is 1. The van der Waals surface area contributed by atoms with Crippen LogP contribution in [0.15, 0.2) is 51.7 Å². The molecular weight excluding hydrogens is 486 g/mol.